The van der Waals surface area contributed by atoms with Crippen molar-refractivity contribution in [2.75, 3.05) is 0 Å². The van der Waals surface area contributed by atoms with Gasteiger partial charge in [0.25, 0.3) is 0 Å². The molecule has 0 aromatic heterocycles. The molecule has 4 aromatic rings. The lowest BCUT2D eigenvalue weighted by molar-refractivity contribution is 1.29. The van der Waals surface area contributed by atoms with Gasteiger partial charge in [-0.3, -0.25) is 0 Å². The summed E-state index contributed by atoms with van der Waals surface area (Å²) in [6, 6.07) is 4.79. The molecule has 0 aliphatic carbocycles. The van der Waals surface area contributed by atoms with Gasteiger partial charge in [-0.2, -0.15) is 0 Å². The van der Waals surface area contributed by atoms with Gasteiger partial charge in [0.2, 0.25) is 0 Å². The minimum atomic E-state index is 1.40. The van der Waals surface area contributed by atoms with E-state index in [1.807, 2.05) is 0 Å². The molecule has 0 bridgehead atoms. The molecule has 0 amide bonds. The minimum Gasteiger partial charge on any atom is -0.0551 e. The molecule has 122 valence electrons. The molecule has 0 fully saturated rings. The van der Waals surface area contributed by atoms with E-state index in [0.29, 0.717) is 0 Å². The van der Waals surface area contributed by atoms with Crippen molar-refractivity contribution < 1.29 is 0 Å². The molecular weight excluding hydrogens is 288 g/mol. The first-order chi connectivity index (χ1) is 11.3. The highest BCUT2D eigenvalue weighted by Gasteiger charge is 2.21. The maximum Gasteiger partial charge on any atom is -0.00157 e. The molecule has 0 N–H and O–H groups in total. The molecule has 0 heterocycles. The molecule has 4 rings (SSSR count). The molecule has 0 unspecified atom stereocenters. The normalized spacial score (nSPS) is 12.2. The van der Waals surface area contributed by atoms with E-state index in [4.69, 9.17) is 0 Å². The van der Waals surface area contributed by atoms with Gasteiger partial charge in [0.15, 0.2) is 0 Å². The van der Waals surface area contributed by atoms with E-state index in [2.05, 4.69) is 67.5 Å². The molecule has 0 atom stereocenters. The van der Waals surface area contributed by atoms with Crippen LogP contribution in [-0.2, 0) is 0 Å². The van der Waals surface area contributed by atoms with Crippen molar-refractivity contribution in [1.82, 2.24) is 0 Å². The van der Waals surface area contributed by atoms with Crippen molar-refractivity contribution in [2.45, 2.75) is 55.4 Å². The average Bonchev–Trinajstić information content (AvgIpc) is 2.52. The Balaban J connectivity index is 2.57. The number of benzene rings is 4. The second-order valence-corrected chi connectivity index (χ2v) is 7.75. The van der Waals surface area contributed by atoms with Crippen molar-refractivity contribution >= 4 is 32.3 Å². The molecular formula is C24H26. The van der Waals surface area contributed by atoms with Gasteiger partial charge in [0.1, 0.15) is 0 Å². The van der Waals surface area contributed by atoms with E-state index in [-0.39, 0.29) is 0 Å². The Morgan fingerprint density at radius 1 is 0.375 bits per heavy atom. The van der Waals surface area contributed by atoms with E-state index in [9.17, 15) is 0 Å². The van der Waals surface area contributed by atoms with E-state index < -0.39 is 0 Å². The first kappa shape index (κ1) is 15.4. The number of hydrogen-bond donors (Lipinski definition) is 0. The van der Waals surface area contributed by atoms with Gasteiger partial charge in [-0.1, -0.05) is 12.1 Å². The van der Waals surface area contributed by atoms with Gasteiger partial charge in [0, 0.05) is 0 Å². The van der Waals surface area contributed by atoms with Gasteiger partial charge in [-0.25, -0.2) is 0 Å². The quantitative estimate of drug-likeness (QED) is 0.305. The molecule has 0 aliphatic rings. The van der Waals surface area contributed by atoms with Crippen molar-refractivity contribution in [2.24, 2.45) is 0 Å². The van der Waals surface area contributed by atoms with Crippen LogP contribution in [0.25, 0.3) is 32.3 Å². The van der Waals surface area contributed by atoms with Gasteiger partial charge >= 0.3 is 0 Å². The lowest BCUT2D eigenvalue weighted by Crippen LogP contribution is -2.01. The van der Waals surface area contributed by atoms with Gasteiger partial charge in [-0.05, 0) is 132 Å². The molecule has 0 radical (unpaired) electrons. The third-order valence-corrected chi connectivity index (χ3v) is 6.46. The standard InChI is InChI=1S/C24H26/c1-11-9-12(2)21-17(7)18(8)22-16(6)14(4)15(5)19-10-13(3)20(11)24(21)23(19)22/h9-10H,1-8H3. The van der Waals surface area contributed by atoms with Crippen LogP contribution < -0.4 is 0 Å². The Hall–Kier alpha value is -2.08. The first-order valence-electron chi connectivity index (χ1n) is 8.90. The van der Waals surface area contributed by atoms with Crippen LogP contribution in [0.1, 0.15) is 44.5 Å². The van der Waals surface area contributed by atoms with E-state index in [1.54, 1.807) is 0 Å². The highest BCUT2D eigenvalue weighted by atomic mass is 14.2. The summed E-state index contributed by atoms with van der Waals surface area (Å²) in [7, 11) is 0. The zero-order valence-corrected chi connectivity index (χ0v) is 16.2. The fourth-order valence-corrected chi connectivity index (χ4v) is 4.98. The molecule has 0 spiro atoms. The van der Waals surface area contributed by atoms with Crippen LogP contribution in [0.5, 0.6) is 0 Å². The Bertz CT molecular complexity index is 1160. The zero-order valence-electron chi connectivity index (χ0n) is 16.2. The fraction of sp³-hybridized carbons (Fsp3) is 0.333. The molecule has 24 heavy (non-hydrogen) atoms. The second-order valence-electron chi connectivity index (χ2n) is 7.75. The highest BCUT2D eigenvalue weighted by molar-refractivity contribution is 6.28. The maximum atomic E-state index is 2.42. The van der Waals surface area contributed by atoms with Crippen LogP contribution in [0.2, 0.25) is 0 Å². The van der Waals surface area contributed by atoms with Crippen LogP contribution in [0.3, 0.4) is 0 Å². The van der Waals surface area contributed by atoms with Crippen LogP contribution >= 0.6 is 0 Å². The largest absolute Gasteiger partial charge is 0.0551 e. The Labute approximate surface area is 144 Å². The molecule has 0 saturated carbocycles. The zero-order chi connectivity index (χ0) is 17.5. The SMILES string of the molecule is Cc1c(C)c2cc(C)c3c(C)cc(C)c4c(C)c(C)c(c1C)c2c34. The third kappa shape index (κ3) is 1.64. The van der Waals surface area contributed by atoms with Gasteiger partial charge in [0.05, 0.1) is 0 Å². The van der Waals surface area contributed by atoms with Crippen LogP contribution in [-0.4, -0.2) is 0 Å². The molecule has 0 heteroatoms. The van der Waals surface area contributed by atoms with Gasteiger partial charge in [-0.15, -0.1) is 0 Å². The Morgan fingerprint density at radius 3 is 1.54 bits per heavy atom. The van der Waals surface area contributed by atoms with Crippen LogP contribution in [0, 0.1) is 55.4 Å². The molecule has 0 saturated heterocycles. The van der Waals surface area contributed by atoms with Crippen LogP contribution in [0.15, 0.2) is 12.1 Å². The maximum absolute atomic E-state index is 2.42. The van der Waals surface area contributed by atoms with Crippen molar-refractivity contribution in [3.8, 4) is 0 Å². The van der Waals surface area contributed by atoms with E-state index in [0.717, 1.165) is 0 Å². The smallest absolute Gasteiger partial charge is 0.00157 e. The van der Waals surface area contributed by atoms with Crippen molar-refractivity contribution in [3.63, 3.8) is 0 Å². The van der Waals surface area contributed by atoms with Crippen LogP contribution in [0.4, 0.5) is 0 Å². The lowest BCUT2D eigenvalue weighted by atomic mass is 9.80. The lowest BCUT2D eigenvalue weighted by Gasteiger charge is -2.24. The average molecular weight is 314 g/mol. The topological polar surface area (TPSA) is 0 Å². The van der Waals surface area contributed by atoms with Crippen molar-refractivity contribution in [3.05, 3.63) is 56.6 Å². The summed E-state index contributed by atoms with van der Waals surface area (Å²) in [6.07, 6.45) is 0. The molecule has 0 nitrogen and oxygen atoms in total. The number of hydrogen-bond acceptors (Lipinski definition) is 0. The van der Waals surface area contributed by atoms with Crippen molar-refractivity contribution in [1.29, 1.82) is 0 Å². The molecule has 0 aliphatic heterocycles. The second kappa shape index (κ2) is 4.72. The predicted octanol–water partition coefficient (Wildman–Crippen LogP) is 7.05. The Morgan fingerprint density at radius 2 is 0.875 bits per heavy atom. The highest BCUT2D eigenvalue weighted by Crippen LogP contribution is 2.45. The van der Waals surface area contributed by atoms with E-state index >= 15 is 0 Å². The Kier molecular flexibility index (Phi) is 3.04. The summed E-state index contributed by atoms with van der Waals surface area (Å²) in [6.45, 7) is 18.3. The number of rotatable bonds is 0. The molecule has 4 aromatic carbocycles. The number of aryl methyl sites for hydroxylation is 7. The summed E-state index contributed by atoms with van der Waals surface area (Å²) < 4.78 is 0. The minimum absolute atomic E-state index is 1.40. The summed E-state index contributed by atoms with van der Waals surface area (Å²) in [5, 5.41) is 8.83. The van der Waals surface area contributed by atoms with E-state index in [1.165, 1.54) is 76.8 Å². The fourth-order valence-electron chi connectivity index (χ4n) is 4.98. The third-order valence-electron chi connectivity index (χ3n) is 6.46. The monoisotopic (exact) mass is 314 g/mol. The summed E-state index contributed by atoms with van der Waals surface area (Å²) in [5.41, 5.74) is 11.4. The first-order valence-corrected chi connectivity index (χ1v) is 8.90. The van der Waals surface area contributed by atoms with Gasteiger partial charge < -0.3 is 0 Å². The summed E-state index contributed by atoms with van der Waals surface area (Å²) in [5.74, 6) is 0. The summed E-state index contributed by atoms with van der Waals surface area (Å²) >= 11 is 0. The predicted molar refractivity (Wildman–Crippen MR) is 108 cm³/mol. The summed E-state index contributed by atoms with van der Waals surface area (Å²) in [4.78, 5) is 0.